The molecule has 25 heavy (non-hydrogen) atoms. The van der Waals surface area contributed by atoms with Crippen molar-refractivity contribution in [3.63, 3.8) is 0 Å². The first kappa shape index (κ1) is 15.9. The molecule has 2 aliphatic rings. The van der Waals surface area contributed by atoms with Crippen LogP contribution >= 0.6 is 0 Å². The molecule has 2 aliphatic heterocycles. The lowest BCUT2D eigenvalue weighted by Gasteiger charge is -2.23. The van der Waals surface area contributed by atoms with Gasteiger partial charge in [-0.2, -0.15) is 0 Å². The zero-order chi connectivity index (χ0) is 17.4. The second-order valence-corrected chi connectivity index (χ2v) is 6.88. The lowest BCUT2D eigenvalue weighted by Crippen LogP contribution is -2.38. The minimum absolute atomic E-state index is 0.0688. The van der Waals surface area contributed by atoms with E-state index in [2.05, 4.69) is 0 Å². The highest BCUT2D eigenvalue weighted by atomic mass is 19.1. The summed E-state index contributed by atoms with van der Waals surface area (Å²) in [4.78, 5) is 28.9. The first-order chi connectivity index (χ1) is 12.1. The zero-order valence-electron chi connectivity index (χ0n) is 13.8. The van der Waals surface area contributed by atoms with Gasteiger partial charge in [-0.05, 0) is 36.6 Å². The summed E-state index contributed by atoms with van der Waals surface area (Å²) in [5, 5.41) is 0. The number of halogens is 1. The number of rotatable bonds is 3. The molecule has 2 amide bonds. The molecule has 6 heteroatoms. The molecule has 1 unspecified atom stereocenters. The van der Waals surface area contributed by atoms with Crippen LogP contribution in [0.3, 0.4) is 0 Å². The quantitative estimate of drug-likeness (QED) is 0.862. The zero-order valence-corrected chi connectivity index (χ0v) is 13.8. The summed E-state index contributed by atoms with van der Waals surface area (Å²) in [6.45, 7) is 2.07. The highest BCUT2D eigenvalue weighted by molar-refractivity contribution is 5.95. The monoisotopic (exact) mass is 342 g/mol. The third-order valence-electron chi connectivity index (χ3n) is 5.27. The largest absolute Gasteiger partial charge is 0.472 e. The van der Waals surface area contributed by atoms with E-state index in [1.54, 1.807) is 21.9 Å². The van der Waals surface area contributed by atoms with E-state index in [9.17, 15) is 14.0 Å². The fourth-order valence-corrected chi connectivity index (χ4v) is 3.89. The number of benzene rings is 1. The van der Waals surface area contributed by atoms with E-state index in [0.717, 1.165) is 12.0 Å². The lowest BCUT2D eigenvalue weighted by molar-refractivity contribution is -0.135. The molecule has 1 aromatic heterocycles. The molecule has 4 rings (SSSR count). The van der Waals surface area contributed by atoms with Crippen LogP contribution in [0.15, 0.2) is 47.3 Å². The Balaban J connectivity index is 1.45. The van der Waals surface area contributed by atoms with Crippen molar-refractivity contribution in [2.45, 2.75) is 19.4 Å². The minimum Gasteiger partial charge on any atom is -0.472 e. The Hall–Kier alpha value is -2.63. The number of carbonyl (C=O) groups excluding carboxylic acids is 2. The van der Waals surface area contributed by atoms with Crippen LogP contribution in [0, 0.1) is 11.2 Å². The predicted octanol–water partition coefficient (Wildman–Crippen LogP) is 2.68. The highest BCUT2D eigenvalue weighted by Gasteiger charge is 2.51. The van der Waals surface area contributed by atoms with Crippen molar-refractivity contribution < 1.29 is 18.4 Å². The number of likely N-dealkylation sites (tertiary alicyclic amines) is 2. The Morgan fingerprint density at radius 2 is 2.08 bits per heavy atom. The van der Waals surface area contributed by atoms with Crippen LogP contribution in [0.4, 0.5) is 4.39 Å². The van der Waals surface area contributed by atoms with E-state index in [0.29, 0.717) is 38.2 Å². The highest BCUT2D eigenvalue weighted by Crippen LogP contribution is 2.41. The van der Waals surface area contributed by atoms with Gasteiger partial charge >= 0.3 is 0 Å². The molecule has 3 heterocycles. The molecule has 130 valence electrons. The van der Waals surface area contributed by atoms with E-state index in [-0.39, 0.29) is 17.6 Å². The third kappa shape index (κ3) is 2.81. The van der Waals surface area contributed by atoms with Gasteiger partial charge in [0.1, 0.15) is 12.1 Å². The van der Waals surface area contributed by atoms with E-state index in [1.807, 2.05) is 6.07 Å². The van der Waals surface area contributed by atoms with Gasteiger partial charge in [0.2, 0.25) is 5.91 Å². The first-order valence-corrected chi connectivity index (χ1v) is 8.43. The van der Waals surface area contributed by atoms with Crippen molar-refractivity contribution >= 4 is 11.8 Å². The Morgan fingerprint density at radius 1 is 1.24 bits per heavy atom. The molecule has 1 aromatic carbocycles. The van der Waals surface area contributed by atoms with Gasteiger partial charge < -0.3 is 14.2 Å². The topological polar surface area (TPSA) is 53.8 Å². The molecule has 0 aliphatic carbocycles. The molecular formula is C19H19FN2O3. The van der Waals surface area contributed by atoms with E-state index in [4.69, 9.17) is 4.42 Å². The Bertz CT molecular complexity index is 805. The maximum absolute atomic E-state index is 13.4. The molecule has 1 atom stereocenters. The van der Waals surface area contributed by atoms with Crippen LogP contribution in [-0.2, 0) is 11.3 Å². The van der Waals surface area contributed by atoms with Crippen LogP contribution in [0.5, 0.6) is 0 Å². The van der Waals surface area contributed by atoms with Gasteiger partial charge in [-0.25, -0.2) is 4.39 Å². The minimum atomic E-state index is -0.493. The molecule has 0 radical (unpaired) electrons. The summed E-state index contributed by atoms with van der Waals surface area (Å²) < 4.78 is 18.3. The van der Waals surface area contributed by atoms with Gasteiger partial charge in [-0.1, -0.05) is 12.1 Å². The van der Waals surface area contributed by atoms with Crippen molar-refractivity contribution in [1.29, 1.82) is 0 Å². The van der Waals surface area contributed by atoms with Crippen LogP contribution in [0.1, 0.15) is 28.8 Å². The van der Waals surface area contributed by atoms with Gasteiger partial charge in [-0.3, -0.25) is 9.59 Å². The van der Waals surface area contributed by atoms with Crippen LogP contribution in [0.25, 0.3) is 0 Å². The van der Waals surface area contributed by atoms with Crippen molar-refractivity contribution in [2.24, 2.45) is 5.41 Å². The maximum Gasteiger partial charge on any atom is 0.257 e. The van der Waals surface area contributed by atoms with Gasteiger partial charge in [0.25, 0.3) is 5.91 Å². The first-order valence-electron chi connectivity index (χ1n) is 8.43. The molecular weight excluding hydrogens is 323 g/mol. The van der Waals surface area contributed by atoms with Gasteiger partial charge in [-0.15, -0.1) is 0 Å². The van der Waals surface area contributed by atoms with Crippen LogP contribution in [0.2, 0.25) is 0 Å². The molecule has 5 nitrogen and oxygen atoms in total. The molecule has 0 N–H and O–H groups in total. The maximum atomic E-state index is 13.4. The fourth-order valence-electron chi connectivity index (χ4n) is 3.89. The predicted molar refractivity (Wildman–Crippen MR) is 88.1 cm³/mol. The number of furan rings is 1. The average Bonchev–Trinajstić information content (AvgIpc) is 3.33. The lowest BCUT2D eigenvalue weighted by atomic mass is 9.85. The van der Waals surface area contributed by atoms with Crippen molar-refractivity contribution in [3.05, 3.63) is 59.8 Å². The summed E-state index contributed by atoms with van der Waals surface area (Å²) in [6, 6.07) is 7.97. The molecule has 1 spiro atoms. The van der Waals surface area contributed by atoms with Crippen LogP contribution in [-0.4, -0.2) is 41.2 Å². The molecule has 0 saturated carbocycles. The van der Waals surface area contributed by atoms with Gasteiger partial charge in [0.05, 0.1) is 17.2 Å². The molecule has 0 bridgehead atoms. The summed E-state index contributed by atoms with van der Waals surface area (Å²) in [5.74, 6) is -0.321. The number of hydrogen-bond acceptors (Lipinski definition) is 3. The van der Waals surface area contributed by atoms with E-state index < -0.39 is 5.41 Å². The molecule has 2 saturated heterocycles. The summed E-state index contributed by atoms with van der Waals surface area (Å²) in [7, 11) is 0. The summed E-state index contributed by atoms with van der Waals surface area (Å²) in [5.41, 5.74) is 0.807. The third-order valence-corrected chi connectivity index (χ3v) is 5.27. The van der Waals surface area contributed by atoms with Crippen molar-refractivity contribution in [3.8, 4) is 0 Å². The van der Waals surface area contributed by atoms with Gasteiger partial charge in [0.15, 0.2) is 0 Å². The molecule has 2 fully saturated rings. The van der Waals surface area contributed by atoms with Crippen molar-refractivity contribution in [2.75, 3.05) is 19.6 Å². The SMILES string of the molecule is O=C(c1ccoc1)N1CCC2(CCN(Cc3cccc(F)c3)C2=O)C1. The molecule has 2 aromatic rings. The van der Waals surface area contributed by atoms with Crippen LogP contribution < -0.4 is 0 Å². The number of hydrogen-bond donors (Lipinski definition) is 0. The Labute approximate surface area is 145 Å². The second-order valence-electron chi connectivity index (χ2n) is 6.88. The summed E-state index contributed by atoms with van der Waals surface area (Å²) >= 11 is 0. The number of amides is 2. The second kappa shape index (κ2) is 6.02. The fraction of sp³-hybridized carbons (Fsp3) is 0.368. The average molecular weight is 342 g/mol. The summed E-state index contributed by atoms with van der Waals surface area (Å²) in [6.07, 6.45) is 4.31. The number of nitrogens with zero attached hydrogens (tertiary/aromatic N) is 2. The standard InChI is InChI=1S/C19H19FN2O3/c20-16-3-1-2-14(10-16)11-21-7-5-19(18(21)24)6-8-22(13-19)17(23)15-4-9-25-12-15/h1-4,9-10,12H,5-8,11,13H2. The van der Waals surface area contributed by atoms with Crippen molar-refractivity contribution in [1.82, 2.24) is 9.80 Å². The van der Waals surface area contributed by atoms with E-state index >= 15 is 0 Å². The number of carbonyl (C=O) groups is 2. The van der Waals surface area contributed by atoms with Gasteiger partial charge in [0, 0.05) is 26.2 Å². The normalized spacial score (nSPS) is 23.0. The Morgan fingerprint density at radius 3 is 2.84 bits per heavy atom. The smallest absolute Gasteiger partial charge is 0.257 e. The van der Waals surface area contributed by atoms with E-state index in [1.165, 1.54) is 24.7 Å². The Kier molecular flexibility index (Phi) is 3.82.